The molecule has 1 unspecified atom stereocenters. The molecule has 0 saturated carbocycles. The van der Waals surface area contributed by atoms with E-state index in [0.29, 0.717) is 22.5 Å². The lowest BCUT2D eigenvalue weighted by atomic mass is 10.1. The molecule has 1 aliphatic rings. The Hall–Kier alpha value is -2.12. The zero-order valence-electron chi connectivity index (χ0n) is 13.8. The second-order valence-electron chi connectivity index (χ2n) is 5.87. The van der Waals surface area contributed by atoms with Crippen LogP contribution in [0.1, 0.15) is 33.8 Å². The summed E-state index contributed by atoms with van der Waals surface area (Å²) in [5.41, 5.74) is 0.962. The highest BCUT2D eigenvalue weighted by Crippen LogP contribution is 2.23. The first kappa shape index (κ1) is 17.7. The van der Waals surface area contributed by atoms with Gasteiger partial charge in [0.05, 0.1) is 23.9 Å². The fourth-order valence-corrected chi connectivity index (χ4v) is 3.09. The van der Waals surface area contributed by atoms with Crippen molar-refractivity contribution in [2.45, 2.75) is 18.9 Å². The molecule has 1 aliphatic heterocycles. The summed E-state index contributed by atoms with van der Waals surface area (Å²) in [5.74, 6) is -0.344. The van der Waals surface area contributed by atoms with E-state index in [9.17, 15) is 9.59 Å². The highest BCUT2D eigenvalue weighted by molar-refractivity contribution is 9.10. The molecule has 132 valence electrons. The predicted molar refractivity (Wildman–Crippen MR) is 96.9 cm³/mol. The number of para-hydroxylation sites is 1. The lowest BCUT2D eigenvalue weighted by molar-refractivity contribution is 0.0624. The Morgan fingerprint density at radius 1 is 1.24 bits per heavy atom. The molecule has 0 radical (unpaired) electrons. The van der Waals surface area contributed by atoms with Crippen molar-refractivity contribution in [1.82, 2.24) is 5.32 Å². The maximum absolute atomic E-state index is 12.7. The van der Waals surface area contributed by atoms with Crippen molar-refractivity contribution in [3.63, 3.8) is 0 Å². The van der Waals surface area contributed by atoms with Gasteiger partial charge in [-0.15, -0.1) is 0 Å². The molecule has 1 aromatic heterocycles. The van der Waals surface area contributed by atoms with Crippen LogP contribution in [0.3, 0.4) is 0 Å². The van der Waals surface area contributed by atoms with Gasteiger partial charge in [0.1, 0.15) is 0 Å². The third-order valence-electron chi connectivity index (χ3n) is 4.09. The van der Waals surface area contributed by atoms with Crippen molar-refractivity contribution in [2.75, 3.05) is 25.2 Å². The van der Waals surface area contributed by atoms with Gasteiger partial charge in [-0.05, 0) is 53.0 Å². The van der Waals surface area contributed by atoms with Crippen molar-refractivity contribution >= 4 is 33.4 Å². The summed E-state index contributed by atoms with van der Waals surface area (Å²) in [6, 6.07) is 10.2. The molecule has 7 heteroatoms. The molecule has 6 nitrogen and oxygen atoms in total. The van der Waals surface area contributed by atoms with Crippen molar-refractivity contribution in [2.24, 2.45) is 0 Å². The number of anilines is 1. The lowest BCUT2D eigenvalue weighted by Crippen LogP contribution is -2.41. The standard InChI is InChI=1S/C18H19BrN2O4/c1-21(18(23)15-8-9-16(19)25-15)14-7-3-2-6-13(14)17(22)20-12-5-4-10-24-11-12/h2-3,6-9,12H,4-5,10-11H2,1H3,(H,20,22). The molecular weight excluding hydrogens is 388 g/mol. The first-order valence-electron chi connectivity index (χ1n) is 8.07. The molecule has 0 aliphatic carbocycles. The Bertz CT molecular complexity index is 768. The van der Waals surface area contributed by atoms with Gasteiger partial charge in [-0.2, -0.15) is 0 Å². The molecule has 3 rings (SSSR count). The minimum atomic E-state index is -0.327. The fraction of sp³-hybridized carbons (Fsp3) is 0.333. The van der Waals surface area contributed by atoms with Gasteiger partial charge in [0.2, 0.25) is 0 Å². The minimum absolute atomic E-state index is 0.00339. The molecule has 1 saturated heterocycles. The van der Waals surface area contributed by atoms with Gasteiger partial charge in [0.25, 0.3) is 11.8 Å². The largest absolute Gasteiger partial charge is 0.444 e. The van der Waals surface area contributed by atoms with Crippen LogP contribution < -0.4 is 10.2 Å². The average Bonchev–Trinajstić information content (AvgIpc) is 3.07. The van der Waals surface area contributed by atoms with Crippen LogP contribution in [0.2, 0.25) is 0 Å². The van der Waals surface area contributed by atoms with E-state index in [1.165, 1.54) is 4.90 Å². The Morgan fingerprint density at radius 2 is 2.04 bits per heavy atom. The van der Waals surface area contributed by atoms with Crippen LogP contribution in [0.5, 0.6) is 0 Å². The van der Waals surface area contributed by atoms with E-state index in [4.69, 9.17) is 9.15 Å². The van der Waals surface area contributed by atoms with Crippen molar-refractivity contribution in [3.05, 3.63) is 52.4 Å². The van der Waals surface area contributed by atoms with Crippen molar-refractivity contribution < 1.29 is 18.7 Å². The Labute approximate surface area is 154 Å². The summed E-state index contributed by atoms with van der Waals surface area (Å²) in [6.07, 6.45) is 1.82. The lowest BCUT2D eigenvalue weighted by Gasteiger charge is -2.24. The van der Waals surface area contributed by atoms with E-state index in [-0.39, 0.29) is 23.6 Å². The topological polar surface area (TPSA) is 71.8 Å². The number of hydrogen-bond acceptors (Lipinski definition) is 4. The van der Waals surface area contributed by atoms with E-state index < -0.39 is 0 Å². The summed E-state index contributed by atoms with van der Waals surface area (Å²) in [6.45, 7) is 1.25. The third kappa shape index (κ3) is 4.11. The second-order valence-corrected chi connectivity index (χ2v) is 6.65. The number of furan rings is 1. The first-order valence-corrected chi connectivity index (χ1v) is 8.86. The number of halogens is 1. The number of benzene rings is 1. The quantitative estimate of drug-likeness (QED) is 0.845. The van der Waals surface area contributed by atoms with Gasteiger partial charge in [-0.1, -0.05) is 12.1 Å². The van der Waals surface area contributed by atoms with E-state index in [0.717, 1.165) is 19.4 Å². The number of ether oxygens (including phenoxy) is 1. The predicted octanol–water partition coefficient (Wildman–Crippen LogP) is 3.23. The highest BCUT2D eigenvalue weighted by Gasteiger charge is 2.23. The van der Waals surface area contributed by atoms with Gasteiger partial charge >= 0.3 is 0 Å². The van der Waals surface area contributed by atoms with Crippen LogP contribution >= 0.6 is 15.9 Å². The van der Waals surface area contributed by atoms with Crippen molar-refractivity contribution in [3.8, 4) is 0 Å². The van der Waals surface area contributed by atoms with Crippen LogP contribution in [-0.2, 0) is 4.74 Å². The Morgan fingerprint density at radius 3 is 2.72 bits per heavy atom. The number of nitrogens with one attached hydrogen (secondary N) is 1. The molecular formula is C18H19BrN2O4. The Balaban J connectivity index is 1.79. The molecule has 1 fully saturated rings. The maximum atomic E-state index is 12.7. The second kappa shape index (κ2) is 7.84. The van der Waals surface area contributed by atoms with E-state index in [1.54, 1.807) is 43.4 Å². The summed E-state index contributed by atoms with van der Waals surface area (Å²) in [5, 5.41) is 2.98. The summed E-state index contributed by atoms with van der Waals surface area (Å²) >= 11 is 3.19. The summed E-state index contributed by atoms with van der Waals surface area (Å²) < 4.78 is 11.2. The fourth-order valence-electron chi connectivity index (χ4n) is 2.78. The minimum Gasteiger partial charge on any atom is -0.444 e. The molecule has 25 heavy (non-hydrogen) atoms. The van der Waals surface area contributed by atoms with Crippen LogP contribution in [-0.4, -0.2) is 38.1 Å². The highest BCUT2D eigenvalue weighted by atomic mass is 79.9. The molecule has 1 N–H and O–H groups in total. The number of nitrogens with zero attached hydrogens (tertiary/aromatic N) is 1. The Kier molecular flexibility index (Phi) is 5.55. The van der Waals surface area contributed by atoms with Gasteiger partial charge in [0.15, 0.2) is 10.4 Å². The van der Waals surface area contributed by atoms with E-state index in [2.05, 4.69) is 21.2 Å². The third-order valence-corrected chi connectivity index (χ3v) is 4.52. The molecule has 2 aromatic rings. The number of carbonyl (C=O) groups is 2. The molecule has 1 aromatic carbocycles. The molecule has 1 atom stereocenters. The number of amides is 2. The number of rotatable bonds is 4. The molecule has 0 spiro atoms. The summed E-state index contributed by atoms with van der Waals surface area (Å²) in [7, 11) is 1.62. The first-order chi connectivity index (χ1) is 12.1. The van der Waals surface area contributed by atoms with Crippen molar-refractivity contribution in [1.29, 1.82) is 0 Å². The van der Waals surface area contributed by atoms with Gasteiger partial charge in [0, 0.05) is 13.7 Å². The zero-order valence-corrected chi connectivity index (χ0v) is 15.4. The van der Waals surface area contributed by atoms with E-state index in [1.807, 2.05) is 0 Å². The monoisotopic (exact) mass is 406 g/mol. The molecule has 0 bridgehead atoms. The van der Waals surface area contributed by atoms with Crippen LogP contribution in [0.4, 0.5) is 5.69 Å². The van der Waals surface area contributed by atoms with E-state index >= 15 is 0 Å². The van der Waals surface area contributed by atoms with Gasteiger partial charge in [-0.25, -0.2) is 0 Å². The van der Waals surface area contributed by atoms with Crippen LogP contribution in [0.15, 0.2) is 45.5 Å². The number of carbonyl (C=O) groups excluding carboxylic acids is 2. The average molecular weight is 407 g/mol. The zero-order chi connectivity index (χ0) is 17.8. The SMILES string of the molecule is CN(C(=O)c1ccc(Br)o1)c1ccccc1C(=O)NC1CCCOC1. The maximum Gasteiger partial charge on any atom is 0.293 e. The van der Waals surface area contributed by atoms with Crippen LogP contribution in [0, 0.1) is 0 Å². The smallest absolute Gasteiger partial charge is 0.293 e. The van der Waals surface area contributed by atoms with Gasteiger partial charge in [-0.3, -0.25) is 9.59 Å². The normalized spacial score (nSPS) is 17.1. The number of hydrogen-bond donors (Lipinski definition) is 1. The van der Waals surface area contributed by atoms with Gasteiger partial charge < -0.3 is 19.4 Å². The molecule has 2 amide bonds. The summed E-state index contributed by atoms with van der Waals surface area (Å²) in [4.78, 5) is 26.7. The van der Waals surface area contributed by atoms with Crippen LogP contribution in [0.25, 0.3) is 0 Å². The molecule has 2 heterocycles.